The summed E-state index contributed by atoms with van der Waals surface area (Å²) in [5, 5.41) is 11.0. The topological polar surface area (TPSA) is 20.2 Å². The summed E-state index contributed by atoms with van der Waals surface area (Å²) in [6.45, 7) is 0. The van der Waals surface area contributed by atoms with Crippen LogP contribution >= 0.6 is 15.9 Å². The van der Waals surface area contributed by atoms with E-state index >= 15 is 0 Å². The first-order valence-electron chi connectivity index (χ1n) is 6.83. The predicted molar refractivity (Wildman–Crippen MR) is 81.1 cm³/mol. The van der Waals surface area contributed by atoms with Gasteiger partial charge in [0.2, 0.25) is 0 Å². The Bertz CT molecular complexity index is 641. The van der Waals surface area contributed by atoms with E-state index in [1.54, 1.807) is 12.1 Å². The SMILES string of the molecule is OC1(Cc2cc(Br)ccc2F)CCCc2ccccc21. The first kappa shape index (κ1) is 13.8. The standard InChI is InChI=1S/C17H16BrFO/c18-14-7-8-16(19)13(10-14)11-17(20)9-3-5-12-4-1-2-6-15(12)17/h1-2,4,6-8,10,20H,3,5,9,11H2. The first-order chi connectivity index (χ1) is 9.58. The van der Waals surface area contributed by atoms with Gasteiger partial charge in [-0.3, -0.25) is 0 Å². The molecule has 0 saturated heterocycles. The van der Waals surface area contributed by atoms with Gasteiger partial charge in [-0.05, 0) is 54.2 Å². The van der Waals surface area contributed by atoms with Gasteiger partial charge in [0.1, 0.15) is 5.82 Å². The highest BCUT2D eigenvalue weighted by Crippen LogP contribution is 2.38. The van der Waals surface area contributed by atoms with Gasteiger partial charge in [-0.25, -0.2) is 4.39 Å². The molecule has 1 aliphatic rings. The second-order valence-corrected chi connectivity index (χ2v) is 6.37. The van der Waals surface area contributed by atoms with E-state index in [2.05, 4.69) is 22.0 Å². The van der Waals surface area contributed by atoms with E-state index < -0.39 is 5.60 Å². The van der Waals surface area contributed by atoms with E-state index in [0.717, 1.165) is 22.9 Å². The van der Waals surface area contributed by atoms with Crippen molar-refractivity contribution in [1.82, 2.24) is 0 Å². The third kappa shape index (κ3) is 2.52. The van der Waals surface area contributed by atoms with Crippen LogP contribution in [0.3, 0.4) is 0 Å². The van der Waals surface area contributed by atoms with Crippen molar-refractivity contribution in [2.24, 2.45) is 0 Å². The minimum atomic E-state index is -0.962. The third-order valence-electron chi connectivity index (χ3n) is 4.05. The largest absolute Gasteiger partial charge is 0.385 e. The third-order valence-corrected chi connectivity index (χ3v) is 4.54. The van der Waals surface area contributed by atoms with Crippen LogP contribution in [-0.4, -0.2) is 5.11 Å². The quantitative estimate of drug-likeness (QED) is 0.865. The normalized spacial score (nSPS) is 21.6. The molecule has 2 aromatic rings. The molecule has 0 fully saturated rings. The maximum Gasteiger partial charge on any atom is 0.126 e. The fourth-order valence-electron chi connectivity index (χ4n) is 3.08. The van der Waals surface area contributed by atoms with E-state index in [-0.39, 0.29) is 5.82 Å². The lowest BCUT2D eigenvalue weighted by Gasteiger charge is -2.35. The van der Waals surface area contributed by atoms with Crippen LogP contribution in [0.5, 0.6) is 0 Å². The molecule has 0 aromatic heterocycles. The summed E-state index contributed by atoms with van der Waals surface area (Å²) in [5.74, 6) is -0.260. The number of halogens is 2. The van der Waals surface area contributed by atoms with Gasteiger partial charge >= 0.3 is 0 Å². The zero-order valence-corrected chi connectivity index (χ0v) is 12.7. The molecule has 0 heterocycles. The fraction of sp³-hybridized carbons (Fsp3) is 0.294. The first-order valence-corrected chi connectivity index (χ1v) is 7.62. The monoisotopic (exact) mass is 334 g/mol. The van der Waals surface area contributed by atoms with Gasteiger partial charge < -0.3 is 5.11 Å². The maximum absolute atomic E-state index is 13.9. The molecule has 0 radical (unpaired) electrons. The highest BCUT2D eigenvalue weighted by Gasteiger charge is 2.34. The van der Waals surface area contributed by atoms with Crippen LogP contribution in [0, 0.1) is 5.82 Å². The van der Waals surface area contributed by atoms with Gasteiger partial charge in [-0.2, -0.15) is 0 Å². The zero-order valence-electron chi connectivity index (χ0n) is 11.1. The molecule has 1 N–H and O–H groups in total. The summed E-state index contributed by atoms with van der Waals surface area (Å²) < 4.78 is 14.8. The molecule has 3 heteroatoms. The van der Waals surface area contributed by atoms with Crippen LogP contribution in [0.1, 0.15) is 29.5 Å². The molecule has 0 aliphatic heterocycles. The number of aryl methyl sites for hydroxylation is 1. The van der Waals surface area contributed by atoms with Crippen molar-refractivity contribution in [3.63, 3.8) is 0 Å². The van der Waals surface area contributed by atoms with Crippen molar-refractivity contribution in [2.45, 2.75) is 31.3 Å². The Morgan fingerprint density at radius 2 is 2.00 bits per heavy atom. The number of hydrogen-bond acceptors (Lipinski definition) is 1. The molecule has 0 bridgehead atoms. The van der Waals surface area contributed by atoms with Crippen molar-refractivity contribution < 1.29 is 9.50 Å². The maximum atomic E-state index is 13.9. The van der Waals surface area contributed by atoms with Crippen LogP contribution in [-0.2, 0) is 18.4 Å². The second kappa shape index (κ2) is 5.30. The molecule has 3 rings (SSSR count). The van der Waals surface area contributed by atoms with Gasteiger partial charge in [0, 0.05) is 10.9 Å². The molecule has 104 valence electrons. The number of benzene rings is 2. The van der Waals surface area contributed by atoms with Gasteiger partial charge in [0.05, 0.1) is 5.60 Å². The number of aliphatic hydroxyl groups is 1. The molecule has 0 amide bonds. The Morgan fingerprint density at radius 3 is 2.85 bits per heavy atom. The number of hydrogen-bond donors (Lipinski definition) is 1. The van der Waals surface area contributed by atoms with E-state index in [1.807, 2.05) is 18.2 Å². The zero-order chi connectivity index (χ0) is 14.2. The lowest BCUT2D eigenvalue weighted by atomic mass is 9.76. The highest BCUT2D eigenvalue weighted by molar-refractivity contribution is 9.10. The van der Waals surface area contributed by atoms with E-state index in [0.29, 0.717) is 18.4 Å². The van der Waals surface area contributed by atoms with Gasteiger partial charge in [-0.15, -0.1) is 0 Å². The summed E-state index contributed by atoms with van der Waals surface area (Å²) >= 11 is 3.36. The number of rotatable bonds is 2. The summed E-state index contributed by atoms with van der Waals surface area (Å²) in [7, 11) is 0. The average Bonchev–Trinajstić information content (AvgIpc) is 2.43. The molecular formula is C17H16BrFO. The Kier molecular flexibility index (Phi) is 3.65. The van der Waals surface area contributed by atoms with Crippen molar-refractivity contribution in [3.05, 3.63) is 69.4 Å². The Morgan fingerprint density at radius 1 is 1.20 bits per heavy atom. The highest BCUT2D eigenvalue weighted by atomic mass is 79.9. The number of fused-ring (bicyclic) bond motifs is 1. The minimum absolute atomic E-state index is 0.260. The Balaban J connectivity index is 2.00. The lowest BCUT2D eigenvalue weighted by molar-refractivity contribution is 0.0182. The average molecular weight is 335 g/mol. The van der Waals surface area contributed by atoms with Gasteiger partial charge in [0.15, 0.2) is 0 Å². The molecular weight excluding hydrogens is 319 g/mol. The van der Waals surface area contributed by atoms with Crippen LogP contribution in [0.15, 0.2) is 46.9 Å². The van der Waals surface area contributed by atoms with E-state index in [1.165, 1.54) is 11.6 Å². The van der Waals surface area contributed by atoms with Gasteiger partial charge in [0.25, 0.3) is 0 Å². The fourth-order valence-corrected chi connectivity index (χ4v) is 3.48. The molecule has 1 nitrogen and oxygen atoms in total. The smallest absolute Gasteiger partial charge is 0.126 e. The summed E-state index contributed by atoms with van der Waals surface area (Å²) in [6.07, 6.45) is 2.91. The van der Waals surface area contributed by atoms with Crippen LogP contribution in [0.2, 0.25) is 0 Å². The predicted octanol–water partition coefficient (Wildman–Crippen LogP) is 4.35. The summed E-state index contributed by atoms with van der Waals surface area (Å²) in [5.41, 5.74) is 1.72. The summed E-state index contributed by atoms with van der Waals surface area (Å²) in [6, 6.07) is 12.8. The lowest BCUT2D eigenvalue weighted by Crippen LogP contribution is -2.33. The van der Waals surface area contributed by atoms with Crippen molar-refractivity contribution in [3.8, 4) is 0 Å². The molecule has 20 heavy (non-hydrogen) atoms. The Labute approximate surface area is 126 Å². The molecule has 1 unspecified atom stereocenters. The molecule has 0 spiro atoms. The summed E-state index contributed by atoms with van der Waals surface area (Å²) in [4.78, 5) is 0. The molecule has 1 aliphatic carbocycles. The van der Waals surface area contributed by atoms with Crippen LogP contribution < -0.4 is 0 Å². The van der Waals surface area contributed by atoms with Crippen molar-refractivity contribution in [2.75, 3.05) is 0 Å². The second-order valence-electron chi connectivity index (χ2n) is 5.45. The molecule has 0 saturated carbocycles. The van der Waals surface area contributed by atoms with E-state index in [9.17, 15) is 9.50 Å². The van der Waals surface area contributed by atoms with Crippen molar-refractivity contribution >= 4 is 15.9 Å². The van der Waals surface area contributed by atoms with Crippen molar-refractivity contribution in [1.29, 1.82) is 0 Å². The molecule has 2 aromatic carbocycles. The Hall–Kier alpha value is -1.19. The molecule has 1 atom stereocenters. The van der Waals surface area contributed by atoms with Gasteiger partial charge in [-0.1, -0.05) is 40.2 Å². The van der Waals surface area contributed by atoms with Crippen LogP contribution in [0.25, 0.3) is 0 Å². The van der Waals surface area contributed by atoms with E-state index in [4.69, 9.17) is 0 Å². The van der Waals surface area contributed by atoms with Crippen LogP contribution in [0.4, 0.5) is 4.39 Å². The minimum Gasteiger partial charge on any atom is -0.385 e.